The molecule has 1 aliphatic carbocycles. The first kappa shape index (κ1) is 19.5. The molecule has 28 heavy (non-hydrogen) atoms. The number of nitrogens with one attached hydrogen (secondary N) is 1. The van der Waals surface area contributed by atoms with Crippen LogP contribution >= 0.6 is 23.2 Å². The van der Waals surface area contributed by atoms with E-state index in [2.05, 4.69) is 5.32 Å². The maximum absolute atomic E-state index is 14.7. The lowest BCUT2D eigenvalue weighted by molar-refractivity contribution is -0.120. The van der Waals surface area contributed by atoms with Crippen molar-refractivity contribution in [2.75, 3.05) is 5.32 Å². The van der Waals surface area contributed by atoms with E-state index in [4.69, 9.17) is 23.2 Å². The van der Waals surface area contributed by atoms with Gasteiger partial charge in [-0.25, -0.2) is 9.07 Å². The van der Waals surface area contributed by atoms with Crippen LogP contribution in [0.3, 0.4) is 0 Å². The van der Waals surface area contributed by atoms with Gasteiger partial charge in [0.15, 0.2) is 0 Å². The molecule has 0 spiro atoms. The summed E-state index contributed by atoms with van der Waals surface area (Å²) in [5, 5.41) is 3.14. The van der Waals surface area contributed by atoms with Gasteiger partial charge in [-0.2, -0.15) is 0 Å². The zero-order valence-electron chi connectivity index (χ0n) is 15.4. The number of hydrogen-bond donors (Lipinski definition) is 1. The molecule has 2 heterocycles. The number of fused-ring (bicyclic) bond motifs is 1. The van der Waals surface area contributed by atoms with Crippen molar-refractivity contribution in [3.63, 3.8) is 0 Å². The molecule has 1 aromatic heterocycles. The topological polar surface area (TPSA) is 56.0 Å². The minimum absolute atomic E-state index is 0.0608. The number of halogens is 3. The highest BCUT2D eigenvalue weighted by Crippen LogP contribution is 2.35. The third-order valence-corrected chi connectivity index (χ3v) is 6.42. The molecule has 1 amide bonds. The Labute approximate surface area is 172 Å². The molecule has 0 atom stereocenters. The minimum atomic E-state index is -0.636. The molecular formula is C20H22Cl2FN3O2. The number of carbonyl (C=O) groups is 1. The average molecular weight is 426 g/mol. The van der Waals surface area contributed by atoms with Crippen LogP contribution in [0.1, 0.15) is 44.9 Å². The average Bonchev–Trinajstić information content (AvgIpc) is 2.96. The monoisotopic (exact) mass is 425 g/mol. The van der Waals surface area contributed by atoms with Gasteiger partial charge in [-0.05, 0) is 37.8 Å². The Hall–Kier alpha value is -1.79. The van der Waals surface area contributed by atoms with E-state index in [1.807, 2.05) is 0 Å². The number of aromatic nitrogens is 2. The highest BCUT2D eigenvalue weighted by Gasteiger charge is 2.26. The van der Waals surface area contributed by atoms with Crippen molar-refractivity contribution in [1.82, 2.24) is 9.36 Å². The van der Waals surface area contributed by atoms with E-state index >= 15 is 0 Å². The minimum Gasteiger partial charge on any atom is -0.325 e. The summed E-state index contributed by atoms with van der Waals surface area (Å²) in [6.07, 6.45) is 6.69. The molecule has 1 aliphatic heterocycles. The molecule has 1 aromatic carbocycles. The predicted octanol–water partition coefficient (Wildman–Crippen LogP) is 5.08. The Morgan fingerprint density at radius 3 is 2.39 bits per heavy atom. The third-order valence-electron chi connectivity index (χ3n) is 5.72. The van der Waals surface area contributed by atoms with Crippen LogP contribution in [0.15, 0.2) is 16.9 Å². The van der Waals surface area contributed by atoms with E-state index in [-0.39, 0.29) is 38.7 Å². The maximum atomic E-state index is 14.7. The van der Waals surface area contributed by atoms with Gasteiger partial charge in [0.25, 0.3) is 5.56 Å². The first-order valence-electron chi connectivity index (χ1n) is 9.76. The molecule has 1 fully saturated rings. The third kappa shape index (κ3) is 3.48. The van der Waals surface area contributed by atoms with Gasteiger partial charge in [-0.3, -0.25) is 14.3 Å². The zero-order valence-corrected chi connectivity index (χ0v) is 17.0. The second kappa shape index (κ2) is 7.91. The van der Waals surface area contributed by atoms with Gasteiger partial charge in [-0.1, -0.05) is 42.5 Å². The Bertz CT molecular complexity index is 977. The normalized spacial score (nSPS) is 17.4. The van der Waals surface area contributed by atoms with Gasteiger partial charge < -0.3 is 5.32 Å². The second-order valence-electron chi connectivity index (χ2n) is 7.56. The quantitative estimate of drug-likeness (QED) is 0.745. The number of benzene rings is 1. The number of anilines is 1. The smallest absolute Gasteiger partial charge is 0.276 e. The van der Waals surface area contributed by atoms with Gasteiger partial charge in [0, 0.05) is 24.6 Å². The first-order valence-corrected chi connectivity index (χ1v) is 10.5. The fraction of sp³-hybridized carbons (Fsp3) is 0.500. The summed E-state index contributed by atoms with van der Waals surface area (Å²) < 4.78 is 18.0. The number of amides is 1. The molecule has 4 rings (SSSR count). The molecule has 0 bridgehead atoms. The summed E-state index contributed by atoms with van der Waals surface area (Å²) >= 11 is 12.6. The summed E-state index contributed by atoms with van der Waals surface area (Å²) in [5.41, 5.74) is 0.160. The molecule has 8 heteroatoms. The molecule has 2 aromatic rings. The van der Waals surface area contributed by atoms with Crippen LogP contribution in [0.2, 0.25) is 10.2 Å². The van der Waals surface area contributed by atoms with Crippen LogP contribution in [0.5, 0.6) is 0 Å². The van der Waals surface area contributed by atoms with Crippen molar-refractivity contribution in [2.24, 2.45) is 5.92 Å². The van der Waals surface area contributed by atoms with Gasteiger partial charge in [0.1, 0.15) is 11.0 Å². The van der Waals surface area contributed by atoms with Crippen molar-refractivity contribution >= 4 is 34.8 Å². The van der Waals surface area contributed by atoms with E-state index in [1.54, 1.807) is 9.36 Å². The summed E-state index contributed by atoms with van der Waals surface area (Å²) in [5.74, 6) is -0.810. The van der Waals surface area contributed by atoms with Gasteiger partial charge in [-0.15, -0.1) is 0 Å². The molecule has 150 valence electrons. The largest absolute Gasteiger partial charge is 0.325 e. The molecule has 1 N–H and O–H groups in total. The van der Waals surface area contributed by atoms with Crippen LogP contribution in [0.4, 0.5) is 10.1 Å². The number of rotatable bonds is 3. The summed E-state index contributed by atoms with van der Waals surface area (Å²) in [6.45, 7) is 1.17. The maximum Gasteiger partial charge on any atom is 0.276 e. The van der Waals surface area contributed by atoms with Crippen LogP contribution in [0, 0.1) is 11.7 Å². The van der Waals surface area contributed by atoms with Crippen LogP contribution in [0.25, 0.3) is 11.1 Å². The molecule has 5 nitrogen and oxygen atoms in total. The van der Waals surface area contributed by atoms with Crippen LogP contribution < -0.4 is 10.9 Å². The molecule has 0 unspecified atom stereocenters. The Balaban J connectivity index is 1.71. The van der Waals surface area contributed by atoms with E-state index in [1.165, 1.54) is 6.07 Å². The summed E-state index contributed by atoms with van der Waals surface area (Å²) in [7, 11) is 0. The van der Waals surface area contributed by atoms with Crippen molar-refractivity contribution < 1.29 is 9.18 Å². The zero-order chi connectivity index (χ0) is 19.8. The number of nitrogens with zero attached hydrogens (tertiary/aromatic N) is 2. The molecule has 1 saturated carbocycles. The lowest BCUT2D eigenvalue weighted by atomic mass is 9.88. The van der Waals surface area contributed by atoms with E-state index < -0.39 is 5.82 Å². The molecular weight excluding hydrogens is 404 g/mol. The van der Waals surface area contributed by atoms with Crippen molar-refractivity contribution in [3.05, 3.63) is 38.5 Å². The molecule has 0 saturated heterocycles. The standard InChI is InChI=1S/C20H22Cl2FN3O2/c21-14-11-15(23)13(10-16(14)24-19(27)12-6-2-1-3-7-12)17-18(22)25-8-4-5-9-26(25)20(17)28/h10-12H,1-9H2,(H,24,27). The van der Waals surface area contributed by atoms with Crippen molar-refractivity contribution in [3.8, 4) is 11.1 Å². The summed E-state index contributed by atoms with van der Waals surface area (Å²) in [6, 6.07) is 2.55. The Morgan fingerprint density at radius 2 is 1.71 bits per heavy atom. The fourth-order valence-electron chi connectivity index (χ4n) is 4.19. The lowest BCUT2D eigenvalue weighted by Gasteiger charge is -2.21. The van der Waals surface area contributed by atoms with Crippen LogP contribution in [-0.4, -0.2) is 15.3 Å². The Kier molecular flexibility index (Phi) is 5.52. The summed E-state index contributed by atoms with van der Waals surface area (Å²) in [4.78, 5) is 25.4. The molecule has 2 aliphatic rings. The number of carbonyl (C=O) groups excluding carboxylic acids is 1. The van der Waals surface area contributed by atoms with E-state index in [0.29, 0.717) is 18.8 Å². The van der Waals surface area contributed by atoms with Gasteiger partial charge in [0.2, 0.25) is 5.91 Å². The van der Waals surface area contributed by atoms with Gasteiger partial charge in [0.05, 0.1) is 16.3 Å². The van der Waals surface area contributed by atoms with E-state index in [9.17, 15) is 14.0 Å². The first-order chi connectivity index (χ1) is 13.5. The number of hydrogen-bond acceptors (Lipinski definition) is 2. The highest BCUT2D eigenvalue weighted by atomic mass is 35.5. The lowest BCUT2D eigenvalue weighted by Crippen LogP contribution is -2.27. The SMILES string of the molecule is O=C(Nc1cc(-c2c(Cl)n3n(c2=O)CCCC3)c(F)cc1Cl)C1CCCCC1. The fourth-order valence-corrected chi connectivity index (χ4v) is 4.74. The second-order valence-corrected chi connectivity index (χ2v) is 8.33. The highest BCUT2D eigenvalue weighted by molar-refractivity contribution is 6.34. The molecule has 0 radical (unpaired) electrons. The predicted molar refractivity (Wildman–Crippen MR) is 109 cm³/mol. The Morgan fingerprint density at radius 1 is 1.04 bits per heavy atom. The van der Waals surface area contributed by atoms with Crippen molar-refractivity contribution in [1.29, 1.82) is 0 Å². The van der Waals surface area contributed by atoms with Crippen LogP contribution in [-0.2, 0) is 17.9 Å². The van der Waals surface area contributed by atoms with Crippen molar-refractivity contribution in [2.45, 2.75) is 58.0 Å². The van der Waals surface area contributed by atoms with Gasteiger partial charge >= 0.3 is 0 Å². The van der Waals surface area contributed by atoms with E-state index in [0.717, 1.165) is 51.0 Å².